The van der Waals surface area contributed by atoms with Crippen molar-refractivity contribution >= 4 is 28.3 Å². The number of carboxylic acids is 1. The maximum Gasteiger partial charge on any atom is 0.341 e. The summed E-state index contributed by atoms with van der Waals surface area (Å²) in [6, 6.07) is 0. The number of anilines is 1. The van der Waals surface area contributed by atoms with Crippen molar-refractivity contribution < 1.29 is 19.4 Å². The third-order valence-electron chi connectivity index (χ3n) is 3.39. The minimum Gasteiger partial charge on any atom is -0.481 e. The van der Waals surface area contributed by atoms with Gasteiger partial charge >= 0.3 is 11.9 Å². The largest absolute Gasteiger partial charge is 0.481 e. The highest BCUT2D eigenvalue weighted by molar-refractivity contribution is 7.16. The van der Waals surface area contributed by atoms with Gasteiger partial charge in [-0.3, -0.25) is 4.79 Å². The Kier molecular flexibility index (Phi) is 4.65. The average molecular weight is 297 g/mol. The monoisotopic (exact) mass is 297 g/mol. The van der Waals surface area contributed by atoms with Gasteiger partial charge in [0, 0.05) is 11.4 Å². The van der Waals surface area contributed by atoms with Crippen molar-refractivity contribution in [1.29, 1.82) is 0 Å². The molecule has 0 bridgehead atoms. The zero-order valence-electron chi connectivity index (χ0n) is 11.7. The van der Waals surface area contributed by atoms with Crippen molar-refractivity contribution in [3.8, 4) is 0 Å². The van der Waals surface area contributed by atoms with Gasteiger partial charge < -0.3 is 15.2 Å². The Hall–Kier alpha value is -1.56. The van der Waals surface area contributed by atoms with Crippen LogP contribution in [0.4, 0.5) is 5.00 Å². The number of hydrogen-bond acceptors (Lipinski definition) is 5. The molecule has 0 aromatic carbocycles. The number of esters is 1. The molecular formula is C14H19NO4S. The van der Waals surface area contributed by atoms with E-state index < -0.39 is 11.9 Å². The summed E-state index contributed by atoms with van der Waals surface area (Å²) in [6.45, 7) is 4.07. The van der Waals surface area contributed by atoms with Crippen molar-refractivity contribution in [1.82, 2.24) is 0 Å². The van der Waals surface area contributed by atoms with Gasteiger partial charge in [-0.15, -0.1) is 11.3 Å². The number of aryl methyl sites for hydroxylation is 1. The lowest BCUT2D eigenvalue weighted by Gasteiger charge is -2.10. The fraction of sp³-hybridized carbons (Fsp3) is 0.571. The van der Waals surface area contributed by atoms with Crippen LogP contribution >= 0.6 is 11.3 Å². The molecular weight excluding hydrogens is 278 g/mol. The first-order valence-corrected chi connectivity index (χ1v) is 7.64. The van der Waals surface area contributed by atoms with Gasteiger partial charge in [0.2, 0.25) is 0 Å². The fourth-order valence-electron chi connectivity index (χ4n) is 2.28. The summed E-state index contributed by atoms with van der Waals surface area (Å²) in [5.41, 5.74) is 1.70. The number of rotatable bonds is 6. The summed E-state index contributed by atoms with van der Waals surface area (Å²) >= 11 is 1.55. The molecule has 1 heterocycles. The number of hydrogen-bond donors (Lipinski definition) is 2. The summed E-state index contributed by atoms with van der Waals surface area (Å²) in [6.07, 6.45) is 2.96. The van der Waals surface area contributed by atoms with Gasteiger partial charge in [-0.2, -0.15) is 0 Å². The first-order chi connectivity index (χ1) is 9.54. The summed E-state index contributed by atoms with van der Waals surface area (Å²) in [5.74, 6) is -1.65. The van der Waals surface area contributed by atoms with Crippen molar-refractivity contribution in [3.05, 3.63) is 16.0 Å². The molecule has 1 unspecified atom stereocenters. The molecule has 1 aliphatic carbocycles. The molecule has 0 amide bonds. The van der Waals surface area contributed by atoms with E-state index in [1.54, 1.807) is 25.2 Å². The van der Waals surface area contributed by atoms with Crippen LogP contribution in [0, 0.1) is 5.92 Å². The first kappa shape index (κ1) is 14.8. The predicted molar refractivity (Wildman–Crippen MR) is 77.6 cm³/mol. The Morgan fingerprint density at radius 1 is 1.45 bits per heavy atom. The third kappa shape index (κ3) is 2.95. The Balaban J connectivity index is 2.20. The fourth-order valence-corrected chi connectivity index (χ4v) is 3.57. The molecule has 2 N–H and O–H groups in total. The molecule has 5 nitrogen and oxygen atoms in total. The van der Waals surface area contributed by atoms with E-state index >= 15 is 0 Å². The predicted octanol–water partition coefficient (Wildman–Crippen LogP) is 2.55. The van der Waals surface area contributed by atoms with Gasteiger partial charge in [0.15, 0.2) is 0 Å². The average Bonchev–Trinajstić information content (AvgIpc) is 2.95. The number of carbonyl (C=O) groups excluding carboxylic acids is 1. The molecule has 1 atom stereocenters. The van der Waals surface area contributed by atoms with Gasteiger partial charge in [-0.05, 0) is 31.7 Å². The molecule has 0 saturated heterocycles. The second-order valence-corrected chi connectivity index (χ2v) is 6.01. The smallest absolute Gasteiger partial charge is 0.341 e. The van der Waals surface area contributed by atoms with E-state index in [0.29, 0.717) is 18.7 Å². The van der Waals surface area contributed by atoms with Crippen LogP contribution in [-0.4, -0.2) is 30.2 Å². The molecule has 0 spiro atoms. The molecule has 0 aliphatic heterocycles. The second kappa shape index (κ2) is 6.26. The van der Waals surface area contributed by atoms with E-state index in [2.05, 4.69) is 5.32 Å². The van der Waals surface area contributed by atoms with Gasteiger partial charge in [0.1, 0.15) is 5.00 Å². The van der Waals surface area contributed by atoms with E-state index in [4.69, 9.17) is 9.84 Å². The van der Waals surface area contributed by atoms with Gasteiger partial charge in [-0.1, -0.05) is 6.92 Å². The molecule has 0 radical (unpaired) electrons. The molecule has 6 heteroatoms. The highest BCUT2D eigenvalue weighted by Gasteiger charge is 2.27. The summed E-state index contributed by atoms with van der Waals surface area (Å²) in [4.78, 5) is 24.2. The lowest BCUT2D eigenvalue weighted by Crippen LogP contribution is -2.20. The van der Waals surface area contributed by atoms with E-state index in [1.165, 1.54) is 4.88 Å². The SMILES string of the molecule is CCOC(=O)c1c(NCC(C)C(=O)O)sc2c1CCC2. The van der Waals surface area contributed by atoms with E-state index in [9.17, 15) is 9.59 Å². The van der Waals surface area contributed by atoms with Crippen LogP contribution in [0.5, 0.6) is 0 Å². The van der Waals surface area contributed by atoms with E-state index in [1.807, 2.05) is 0 Å². The van der Waals surface area contributed by atoms with Crippen molar-refractivity contribution in [2.45, 2.75) is 33.1 Å². The highest BCUT2D eigenvalue weighted by Crippen LogP contribution is 2.39. The third-order valence-corrected chi connectivity index (χ3v) is 4.64. The topological polar surface area (TPSA) is 75.6 Å². The lowest BCUT2D eigenvalue weighted by molar-refractivity contribution is -0.140. The van der Waals surface area contributed by atoms with Crippen molar-refractivity contribution in [2.24, 2.45) is 5.92 Å². The van der Waals surface area contributed by atoms with Crippen LogP contribution < -0.4 is 5.32 Å². The quantitative estimate of drug-likeness (QED) is 0.789. The summed E-state index contributed by atoms with van der Waals surface area (Å²) in [7, 11) is 0. The highest BCUT2D eigenvalue weighted by atomic mass is 32.1. The molecule has 0 fully saturated rings. The normalized spacial score (nSPS) is 14.7. The van der Waals surface area contributed by atoms with Crippen LogP contribution in [0.3, 0.4) is 0 Å². The summed E-state index contributed by atoms with van der Waals surface area (Å²) in [5, 5.41) is 12.8. The van der Waals surface area contributed by atoms with Crippen LogP contribution in [0.15, 0.2) is 0 Å². The second-order valence-electron chi connectivity index (χ2n) is 4.90. The van der Waals surface area contributed by atoms with Gasteiger partial charge in [-0.25, -0.2) is 4.79 Å². The van der Waals surface area contributed by atoms with Crippen LogP contribution in [0.2, 0.25) is 0 Å². The maximum atomic E-state index is 12.1. The molecule has 1 aliphatic rings. The summed E-state index contributed by atoms with van der Waals surface area (Å²) < 4.78 is 5.12. The number of carbonyl (C=O) groups is 2. The molecule has 2 rings (SSSR count). The number of aliphatic carboxylic acids is 1. The van der Waals surface area contributed by atoms with E-state index in [-0.39, 0.29) is 5.97 Å². The van der Waals surface area contributed by atoms with Crippen molar-refractivity contribution in [2.75, 3.05) is 18.5 Å². The van der Waals surface area contributed by atoms with Gasteiger partial charge in [0.25, 0.3) is 0 Å². The molecule has 0 saturated carbocycles. The molecule has 110 valence electrons. The molecule has 1 aromatic rings. The minimum absolute atomic E-state index is 0.307. The zero-order valence-corrected chi connectivity index (χ0v) is 12.5. The van der Waals surface area contributed by atoms with Crippen LogP contribution in [0.1, 0.15) is 41.1 Å². The number of fused-ring (bicyclic) bond motifs is 1. The standard InChI is InChI=1S/C14H19NO4S/c1-3-19-14(18)11-9-5-4-6-10(9)20-12(11)15-7-8(2)13(16)17/h8,15H,3-7H2,1-2H3,(H,16,17). The maximum absolute atomic E-state index is 12.1. The Morgan fingerprint density at radius 3 is 2.85 bits per heavy atom. The van der Waals surface area contributed by atoms with Gasteiger partial charge in [0.05, 0.1) is 18.1 Å². The number of carboxylic acid groups (broad SMARTS) is 1. The molecule has 20 heavy (non-hydrogen) atoms. The number of thiophene rings is 1. The first-order valence-electron chi connectivity index (χ1n) is 6.82. The Labute approximate surface area is 121 Å². The van der Waals surface area contributed by atoms with E-state index in [0.717, 1.165) is 29.8 Å². The van der Waals surface area contributed by atoms with Crippen LogP contribution in [0.25, 0.3) is 0 Å². The Bertz CT molecular complexity index is 523. The molecule has 1 aromatic heterocycles. The minimum atomic E-state index is -0.848. The lowest BCUT2D eigenvalue weighted by atomic mass is 10.1. The number of ether oxygens (including phenoxy) is 1. The Morgan fingerprint density at radius 2 is 2.20 bits per heavy atom. The zero-order chi connectivity index (χ0) is 14.7. The van der Waals surface area contributed by atoms with Crippen molar-refractivity contribution in [3.63, 3.8) is 0 Å². The number of nitrogens with one attached hydrogen (secondary N) is 1. The van der Waals surface area contributed by atoms with Crippen LogP contribution in [-0.2, 0) is 22.4 Å².